The van der Waals surface area contributed by atoms with E-state index < -0.39 is 24.0 Å². The maximum atomic E-state index is 12.9. The number of ketones is 1. The molecule has 2 amide bonds. The average Bonchev–Trinajstić information content (AvgIpc) is 2.74. The molecule has 1 fully saturated rings. The van der Waals surface area contributed by atoms with Crippen molar-refractivity contribution < 1.29 is 23.9 Å². The molecule has 33 heavy (non-hydrogen) atoms. The molecule has 2 rings (SSSR count). The summed E-state index contributed by atoms with van der Waals surface area (Å²) in [6, 6.07) is 4.65. The first-order chi connectivity index (χ1) is 15.6. The number of amides is 2. The van der Waals surface area contributed by atoms with Gasteiger partial charge in [0.2, 0.25) is 5.78 Å². The Morgan fingerprint density at radius 2 is 1.91 bits per heavy atom. The molecule has 1 saturated heterocycles. The van der Waals surface area contributed by atoms with Gasteiger partial charge in [-0.2, -0.15) is 0 Å². The minimum Gasteiger partial charge on any atom is -0.453 e. The number of ether oxygens (including phenoxy) is 2. The van der Waals surface area contributed by atoms with Gasteiger partial charge < -0.3 is 19.3 Å². The first-order valence-corrected chi connectivity index (χ1v) is 11.6. The Labute approximate surface area is 201 Å². The Morgan fingerprint density at radius 3 is 2.45 bits per heavy atom. The average molecular weight is 477 g/mol. The van der Waals surface area contributed by atoms with Crippen LogP contribution in [0.3, 0.4) is 0 Å². The van der Waals surface area contributed by atoms with Crippen LogP contribution in [0.4, 0.5) is 9.59 Å². The molecule has 0 aromatic heterocycles. The number of terminal acetylenes is 1. The fourth-order valence-corrected chi connectivity index (χ4v) is 4.75. The summed E-state index contributed by atoms with van der Waals surface area (Å²) in [6.45, 7) is 7.75. The largest absolute Gasteiger partial charge is 0.453 e. The molecule has 8 heteroatoms. The Morgan fingerprint density at radius 1 is 1.24 bits per heavy atom. The number of aryl methyl sites for hydroxylation is 1. The highest BCUT2D eigenvalue weighted by Gasteiger charge is 2.42. The third-order valence-electron chi connectivity index (χ3n) is 5.78. The van der Waals surface area contributed by atoms with Crippen molar-refractivity contribution >= 4 is 29.6 Å². The van der Waals surface area contributed by atoms with E-state index in [1.54, 1.807) is 23.6 Å². The predicted octanol–water partition coefficient (Wildman–Crippen LogP) is 4.97. The summed E-state index contributed by atoms with van der Waals surface area (Å²) in [5, 5.41) is 0.588. The van der Waals surface area contributed by atoms with Crippen molar-refractivity contribution in [3.05, 3.63) is 34.3 Å². The molecule has 0 spiro atoms. The molecule has 1 aliphatic rings. The van der Waals surface area contributed by atoms with E-state index in [-0.39, 0.29) is 24.6 Å². The first kappa shape index (κ1) is 26.5. The van der Waals surface area contributed by atoms with Gasteiger partial charge in [-0.3, -0.25) is 4.79 Å². The Kier molecular flexibility index (Phi) is 9.60. The fourth-order valence-electron chi connectivity index (χ4n) is 4.44. The van der Waals surface area contributed by atoms with Crippen LogP contribution in [0.2, 0.25) is 5.02 Å². The Hall–Kier alpha value is -2.72. The lowest BCUT2D eigenvalue weighted by atomic mass is 9.86. The Balaban J connectivity index is 2.39. The number of methoxy groups -OCH3 is 1. The number of carbonyl (C=O) groups is 3. The quantitative estimate of drug-likeness (QED) is 0.410. The van der Waals surface area contributed by atoms with Crippen LogP contribution in [0, 0.1) is 19.3 Å². The van der Waals surface area contributed by atoms with Crippen LogP contribution in [0.5, 0.6) is 0 Å². The number of halogens is 1. The van der Waals surface area contributed by atoms with Crippen molar-refractivity contribution in [3.8, 4) is 12.3 Å². The molecule has 0 bridgehead atoms. The van der Waals surface area contributed by atoms with Crippen LogP contribution in [-0.4, -0.2) is 59.1 Å². The summed E-state index contributed by atoms with van der Waals surface area (Å²) < 4.78 is 10.5. The molecule has 0 saturated carbocycles. The van der Waals surface area contributed by atoms with E-state index in [1.807, 2.05) is 32.0 Å². The molecule has 1 aliphatic heterocycles. The molecule has 0 radical (unpaired) electrons. The summed E-state index contributed by atoms with van der Waals surface area (Å²) in [7, 11) is 1.34. The summed E-state index contributed by atoms with van der Waals surface area (Å²) in [6.07, 6.45) is 5.62. The predicted molar refractivity (Wildman–Crippen MR) is 127 cm³/mol. The molecule has 1 aromatic rings. The van der Waals surface area contributed by atoms with Crippen LogP contribution in [0.25, 0.3) is 0 Å². The maximum Gasteiger partial charge on any atom is 0.410 e. The van der Waals surface area contributed by atoms with Crippen molar-refractivity contribution in [1.82, 2.24) is 9.80 Å². The molecule has 1 heterocycles. The molecule has 0 N–H and O–H groups in total. The van der Waals surface area contributed by atoms with Crippen molar-refractivity contribution in [1.29, 1.82) is 0 Å². The minimum absolute atomic E-state index is 0.00197. The number of piperidine rings is 1. The zero-order chi connectivity index (χ0) is 24.7. The van der Waals surface area contributed by atoms with E-state index in [9.17, 15) is 14.4 Å². The number of carbonyl (C=O) groups excluding carboxylic acids is 3. The second-order valence-corrected chi connectivity index (χ2v) is 9.12. The topological polar surface area (TPSA) is 76.2 Å². The van der Waals surface area contributed by atoms with Crippen molar-refractivity contribution in [3.63, 3.8) is 0 Å². The summed E-state index contributed by atoms with van der Waals surface area (Å²) in [5.41, 5.74) is 1.86. The number of nitrogens with zero attached hydrogens (tertiary/aromatic N) is 2. The second kappa shape index (κ2) is 11.9. The summed E-state index contributed by atoms with van der Waals surface area (Å²) in [4.78, 5) is 41.1. The van der Waals surface area contributed by atoms with Crippen molar-refractivity contribution in [2.24, 2.45) is 0 Å². The number of hydrogen-bond acceptors (Lipinski definition) is 5. The van der Waals surface area contributed by atoms with Gasteiger partial charge in [0.1, 0.15) is 0 Å². The van der Waals surface area contributed by atoms with E-state index in [4.69, 9.17) is 27.5 Å². The third kappa shape index (κ3) is 7.13. The summed E-state index contributed by atoms with van der Waals surface area (Å²) in [5.74, 6) is 1.74. The monoisotopic (exact) mass is 476 g/mol. The van der Waals surface area contributed by atoms with E-state index in [1.165, 1.54) is 7.11 Å². The van der Waals surface area contributed by atoms with Gasteiger partial charge >= 0.3 is 12.2 Å². The van der Waals surface area contributed by atoms with Gasteiger partial charge in [0.25, 0.3) is 0 Å². The number of hydrogen-bond donors (Lipinski definition) is 0. The van der Waals surface area contributed by atoms with Crippen LogP contribution in [0.15, 0.2) is 18.2 Å². The zero-order valence-corrected chi connectivity index (χ0v) is 20.7. The normalized spacial score (nSPS) is 20.2. The highest BCUT2D eigenvalue weighted by atomic mass is 35.5. The third-order valence-corrected chi connectivity index (χ3v) is 6.00. The lowest BCUT2D eigenvalue weighted by Gasteiger charge is -2.47. The zero-order valence-electron chi connectivity index (χ0n) is 20.0. The van der Waals surface area contributed by atoms with Gasteiger partial charge in [-0.05, 0) is 69.2 Å². The lowest BCUT2D eigenvalue weighted by Crippen LogP contribution is -2.58. The second-order valence-electron chi connectivity index (χ2n) is 8.69. The molecular weight excluding hydrogens is 444 g/mol. The number of rotatable bonds is 7. The standard InChI is InChI=1S/C25H33ClN2O5/c1-7-20-12-21(13-22(14-23(29)8-2)28(20)25(31)33-16(3)4)27(24(30)32-6)15-18-9-17(5)10-19(26)11-18/h2,9-11,16,20-22H,7,12-15H2,1,3-6H3/t20-,21+,22-/m1/s1. The van der Waals surface area contributed by atoms with Gasteiger partial charge in [-0.25, -0.2) is 9.59 Å². The maximum absolute atomic E-state index is 12.9. The molecule has 3 atom stereocenters. The van der Waals surface area contributed by atoms with E-state index in [0.29, 0.717) is 30.8 Å². The highest BCUT2D eigenvalue weighted by molar-refractivity contribution is 6.30. The number of Topliss-reactive ketones (excluding diaryl/α,β-unsaturated/α-hetero) is 1. The molecule has 7 nitrogen and oxygen atoms in total. The van der Waals surface area contributed by atoms with E-state index in [0.717, 1.165) is 11.1 Å². The molecular formula is C25H33ClN2O5. The van der Waals surface area contributed by atoms with Crippen molar-refractivity contribution in [2.45, 2.75) is 84.2 Å². The van der Waals surface area contributed by atoms with Crippen molar-refractivity contribution in [2.75, 3.05) is 7.11 Å². The molecule has 0 unspecified atom stereocenters. The molecule has 180 valence electrons. The van der Waals surface area contributed by atoms with Crippen LogP contribution >= 0.6 is 11.6 Å². The molecule has 1 aromatic carbocycles. The van der Waals surface area contributed by atoms with Crippen LogP contribution < -0.4 is 0 Å². The van der Waals surface area contributed by atoms with Crippen LogP contribution in [-0.2, 0) is 20.8 Å². The fraction of sp³-hybridized carbons (Fsp3) is 0.560. The SMILES string of the molecule is C#CC(=O)C[C@H]1C[C@@H](N(Cc2cc(C)cc(Cl)c2)C(=O)OC)C[C@@H](CC)N1C(=O)OC(C)C. The van der Waals surface area contributed by atoms with E-state index >= 15 is 0 Å². The van der Waals surface area contributed by atoms with Gasteiger partial charge in [0, 0.05) is 36.1 Å². The molecule has 0 aliphatic carbocycles. The Bertz CT molecular complexity index is 890. The minimum atomic E-state index is -0.489. The van der Waals surface area contributed by atoms with Gasteiger partial charge in [-0.15, -0.1) is 6.42 Å². The summed E-state index contributed by atoms with van der Waals surface area (Å²) >= 11 is 6.22. The van der Waals surface area contributed by atoms with Gasteiger partial charge in [0.05, 0.1) is 13.2 Å². The highest BCUT2D eigenvalue weighted by Crippen LogP contribution is 2.33. The first-order valence-electron chi connectivity index (χ1n) is 11.2. The van der Waals surface area contributed by atoms with E-state index in [2.05, 4.69) is 5.92 Å². The smallest absolute Gasteiger partial charge is 0.410 e. The number of likely N-dealkylation sites (tertiary alicyclic amines) is 1. The van der Waals surface area contributed by atoms with Gasteiger partial charge in [0.15, 0.2) is 0 Å². The van der Waals surface area contributed by atoms with Crippen LogP contribution in [0.1, 0.15) is 57.6 Å². The lowest BCUT2D eigenvalue weighted by molar-refractivity contribution is -0.115. The van der Waals surface area contributed by atoms with Gasteiger partial charge in [-0.1, -0.05) is 24.6 Å². The number of benzene rings is 1.